The lowest BCUT2D eigenvalue weighted by Gasteiger charge is -2.08. The molecule has 8 heteroatoms. The third kappa shape index (κ3) is 3.83. The first kappa shape index (κ1) is 16.4. The maximum Gasteiger partial charge on any atom is 0.343 e. The molecule has 6 nitrogen and oxygen atoms in total. The molecule has 0 radical (unpaired) electrons. The second-order valence-corrected chi connectivity index (χ2v) is 6.25. The van der Waals surface area contributed by atoms with Gasteiger partial charge in [0, 0.05) is 10.2 Å². The highest BCUT2D eigenvalue weighted by atomic mass is 79.9. The molecule has 0 atom stereocenters. The number of hydrogen-bond acceptors (Lipinski definition) is 6. The van der Waals surface area contributed by atoms with Crippen LogP contribution in [0.2, 0.25) is 0 Å². The summed E-state index contributed by atoms with van der Waals surface area (Å²) in [6.07, 6.45) is 0. The zero-order valence-electron chi connectivity index (χ0n) is 12.0. The summed E-state index contributed by atoms with van der Waals surface area (Å²) in [6, 6.07) is 5.40. The number of nitrogen functional groups attached to an aromatic ring is 1. The summed E-state index contributed by atoms with van der Waals surface area (Å²) in [5, 5.41) is 2.94. The molecule has 0 saturated carbocycles. The summed E-state index contributed by atoms with van der Waals surface area (Å²) < 4.78 is 9.88. The summed E-state index contributed by atoms with van der Waals surface area (Å²) in [5.41, 5.74) is 7.99. The number of carbonyl (C=O) groups excluding carboxylic acids is 2. The third-order valence-corrected chi connectivity index (χ3v) is 4.53. The van der Waals surface area contributed by atoms with Gasteiger partial charge in [-0.05, 0) is 49.1 Å². The normalized spacial score (nSPS) is 10.3. The predicted molar refractivity (Wildman–Crippen MR) is 89.1 cm³/mol. The topological polar surface area (TPSA) is 94.3 Å². The van der Waals surface area contributed by atoms with Crippen molar-refractivity contribution in [1.82, 2.24) is 4.37 Å². The van der Waals surface area contributed by atoms with E-state index in [2.05, 4.69) is 25.6 Å². The van der Waals surface area contributed by atoms with E-state index >= 15 is 0 Å². The van der Waals surface area contributed by atoms with Gasteiger partial charge in [0.15, 0.2) is 6.61 Å². The highest BCUT2D eigenvalue weighted by Crippen LogP contribution is 2.22. The summed E-state index contributed by atoms with van der Waals surface area (Å²) in [7, 11) is 0. The number of aryl methyl sites for hydroxylation is 2. The SMILES string of the molecule is Cc1cc(NC(=O)COC(=O)c2c(C)nsc2N)ccc1Br. The number of aromatic nitrogens is 1. The van der Waals surface area contributed by atoms with E-state index in [1.54, 1.807) is 13.0 Å². The smallest absolute Gasteiger partial charge is 0.343 e. The minimum absolute atomic E-state index is 0.220. The van der Waals surface area contributed by atoms with Crippen LogP contribution in [0.15, 0.2) is 22.7 Å². The number of nitrogens with two attached hydrogens (primary N) is 1. The number of amides is 1. The molecule has 1 aromatic heterocycles. The molecule has 0 bridgehead atoms. The molecule has 1 heterocycles. The average molecular weight is 384 g/mol. The highest BCUT2D eigenvalue weighted by Gasteiger charge is 2.19. The van der Waals surface area contributed by atoms with Crippen LogP contribution in [-0.2, 0) is 9.53 Å². The molecule has 0 aliphatic rings. The van der Waals surface area contributed by atoms with Gasteiger partial charge in [-0.1, -0.05) is 15.9 Å². The van der Waals surface area contributed by atoms with Crippen molar-refractivity contribution in [1.29, 1.82) is 0 Å². The van der Waals surface area contributed by atoms with Crippen LogP contribution >= 0.6 is 27.5 Å². The Morgan fingerprint density at radius 1 is 1.41 bits per heavy atom. The molecule has 0 aliphatic carbocycles. The molecule has 0 spiro atoms. The van der Waals surface area contributed by atoms with E-state index < -0.39 is 11.9 Å². The van der Waals surface area contributed by atoms with Gasteiger partial charge < -0.3 is 15.8 Å². The Balaban J connectivity index is 1.93. The first-order valence-electron chi connectivity index (χ1n) is 6.33. The van der Waals surface area contributed by atoms with E-state index in [4.69, 9.17) is 10.5 Å². The molecule has 1 aromatic carbocycles. The van der Waals surface area contributed by atoms with Crippen LogP contribution in [-0.4, -0.2) is 22.9 Å². The molecule has 3 N–H and O–H groups in total. The highest BCUT2D eigenvalue weighted by molar-refractivity contribution is 9.10. The average Bonchev–Trinajstić information content (AvgIpc) is 2.80. The van der Waals surface area contributed by atoms with Crippen molar-refractivity contribution in [2.75, 3.05) is 17.7 Å². The van der Waals surface area contributed by atoms with Crippen molar-refractivity contribution in [2.24, 2.45) is 0 Å². The Morgan fingerprint density at radius 2 is 2.14 bits per heavy atom. The molecule has 0 aliphatic heterocycles. The largest absolute Gasteiger partial charge is 0.452 e. The van der Waals surface area contributed by atoms with Crippen molar-refractivity contribution in [3.63, 3.8) is 0 Å². The molecule has 116 valence electrons. The number of nitrogens with zero attached hydrogens (tertiary/aromatic N) is 1. The summed E-state index contributed by atoms with van der Waals surface area (Å²) in [6.45, 7) is 3.19. The van der Waals surface area contributed by atoms with E-state index in [-0.39, 0.29) is 17.2 Å². The Hall–Kier alpha value is -1.93. The van der Waals surface area contributed by atoms with Gasteiger partial charge in [0.2, 0.25) is 0 Å². The quantitative estimate of drug-likeness (QED) is 0.791. The zero-order chi connectivity index (χ0) is 16.3. The van der Waals surface area contributed by atoms with Gasteiger partial charge in [-0.25, -0.2) is 4.79 Å². The van der Waals surface area contributed by atoms with E-state index in [9.17, 15) is 9.59 Å². The number of carbonyl (C=O) groups is 2. The molecule has 22 heavy (non-hydrogen) atoms. The molecule has 1 amide bonds. The second kappa shape index (κ2) is 6.89. The van der Waals surface area contributed by atoms with Crippen LogP contribution in [0.3, 0.4) is 0 Å². The minimum atomic E-state index is -0.647. The monoisotopic (exact) mass is 383 g/mol. The number of hydrogen-bond donors (Lipinski definition) is 2. The fraction of sp³-hybridized carbons (Fsp3) is 0.214. The van der Waals surface area contributed by atoms with Crippen molar-refractivity contribution >= 4 is 50.0 Å². The number of benzene rings is 1. The molecule has 0 unspecified atom stereocenters. The number of rotatable bonds is 4. The van der Waals surface area contributed by atoms with E-state index in [1.165, 1.54) is 0 Å². The fourth-order valence-corrected chi connectivity index (χ4v) is 2.65. The maximum absolute atomic E-state index is 11.9. The summed E-state index contributed by atoms with van der Waals surface area (Å²) in [5.74, 6) is -1.07. The van der Waals surface area contributed by atoms with E-state index in [1.807, 2.05) is 19.1 Å². The Labute approximate surface area is 140 Å². The van der Waals surface area contributed by atoms with Crippen LogP contribution in [0.4, 0.5) is 10.7 Å². The number of nitrogens with one attached hydrogen (secondary N) is 1. The first-order chi connectivity index (χ1) is 10.4. The number of ether oxygens (including phenoxy) is 1. The van der Waals surface area contributed by atoms with Gasteiger partial charge in [-0.2, -0.15) is 4.37 Å². The molecule has 0 saturated heterocycles. The van der Waals surface area contributed by atoms with Crippen molar-refractivity contribution in [2.45, 2.75) is 13.8 Å². The predicted octanol–water partition coefficient (Wildman–Crippen LogP) is 2.90. The zero-order valence-corrected chi connectivity index (χ0v) is 14.4. The van der Waals surface area contributed by atoms with Gasteiger partial charge >= 0.3 is 5.97 Å². The molecule has 2 aromatic rings. The lowest BCUT2D eigenvalue weighted by Crippen LogP contribution is -2.21. The lowest BCUT2D eigenvalue weighted by molar-refractivity contribution is -0.119. The maximum atomic E-state index is 11.9. The van der Waals surface area contributed by atoms with Crippen molar-refractivity contribution in [3.8, 4) is 0 Å². The van der Waals surface area contributed by atoms with Crippen molar-refractivity contribution in [3.05, 3.63) is 39.5 Å². The Morgan fingerprint density at radius 3 is 2.73 bits per heavy atom. The fourth-order valence-electron chi connectivity index (χ4n) is 1.76. The van der Waals surface area contributed by atoms with Crippen LogP contribution in [0.25, 0.3) is 0 Å². The van der Waals surface area contributed by atoms with Gasteiger partial charge in [0.1, 0.15) is 10.6 Å². The number of esters is 1. The molecular weight excluding hydrogens is 370 g/mol. The van der Waals surface area contributed by atoms with Crippen LogP contribution in [0.1, 0.15) is 21.6 Å². The van der Waals surface area contributed by atoms with Gasteiger partial charge in [0.25, 0.3) is 5.91 Å². The van der Waals surface area contributed by atoms with Crippen LogP contribution in [0.5, 0.6) is 0 Å². The van der Waals surface area contributed by atoms with Crippen molar-refractivity contribution < 1.29 is 14.3 Å². The molecule has 0 fully saturated rings. The molecular formula is C14H14BrN3O3S. The standard InChI is InChI=1S/C14H14BrN3O3S/c1-7-5-9(3-4-10(7)15)17-11(19)6-21-14(20)12-8(2)18-22-13(12)16/h3-5H,6,16H2,1-2H3,(H,17,19). The van der Waals surface area contributed by atoms with E-state index in [0.717, 1.165) is 21.6 Å². The first-order valence-corrected chi connectivity index (χ1v) is 7.90. The second-order valence-electron chi connectivity index (χ2n) is 4.60. The third-order valence-electron chi connectivity index (χ3n) is 2.87. The summed E-state index contributed by atoms with van der Waals surface area (Å²) in [4.78, 5) is 23.7. The summed E-state index contributed by atoms with van der Waals surface area (Å²) >= 11 is 4.40. The number of halogens is 1. The Kier molecular flexibility index (Phi) is 5.15. The lowest BCUT2D eigenvalue weighted by atomic mass is 10.2. The van der Waals surface area contributed by atoms with Crippen LogP contribution in [0, 0.1) is 13.8 Å². The minimum Gasteiger partial charge on any atom is -0.452 e. The van der Waals surface area contributed by atoms with Gasteiger partial charge in [-0.3, -0.25) is 4.79 Å². The Bertz CT molecular complexity index is 711. The number of anilines is 2. The van der Waals surface area contributed by atoms with Gasteiger partial charge in [-0.15, -0.1) is 0 Å². The van der Waals surface area contributed by atoms with E-state index in [0.29, 0.717) is 11.4 Å². The van der Waals surface area contributed by atoms with Gasteiger partial charge in [0.05, 0.1) is 5.69 Å². The molecule has 2 rings (SSSR count). The van der Waals surface area contributed by atoms with Crippen LogP contribution < -0.4 is 11.1 Å².